The van der Waals surface area contributed by atoms with Gasteiger partial charge >= 0.3 is 11.3 Å². The van der Waals surface area contributed by atoms with Crippen LogP contribution in [0.4, 0.5) is 0 Å². The van der Waals surface area contributed by atoms with E-state index in [1.54, 1.807) is 27.7 Å². The number of fused-ring (bicyclic) bond motifs is 5. The van der Waals surface area contributed by atoms with Gasteiger partial charge in [-0.15, -0.1) is 0 Å². The first-order valence-corrected chi connectivity index (χ1v) is 12.9. The average molecular weight is 589 g/mol. The van der Waals surface area contributed by atoms with Crippen molar-refractivity contribution in [3.8, 4) is 23.0 Å². The maximum absolute atomic E-state index is 12.2. The zero-order chi connectivity index (χ0) is 29.2. The van der Waals surface area contributed by atoms with Crippen LogP contribution in [0.3, 0.4) is 0 Å². The van der Waals surface area contributed by atoms with Crippen LogP contribution in [0.1, 0.15) is 58.5 Å². The number of rotatable bonds is 0. The Morgan fingerprint density at radius 3 is 1.85 bits per heavy atom. The molecule has 0 spiro atoms. The minimum Gasteiger partial charge on any atom is -0.507 e. The molecule has 4 heterocycles. The third kappa shape index (κ3) is 4.37. The van der Waals surface area contributed by atoms with Gasteiger partial charge in [0.15, 0.2) is 17.1 Å². The van der Waals surface area contributed by atoms with Crippen LogP contribution in [-0.2, 0) is 0 Å². The Hall–Kier alpha value is -4.02. The predicted molar refractivity (Wildman–Crippen MR) is 146 cm³/mol. The molecule has 2 aliphatic rings. The van der Waals surface area contributed by atoms with Crippen molar-refractivity contribution in [2.24, 2.45) is 0 Å². The summed E-state index contributed by atoms with van der Waals surface area (Å²) >= 11 is 11.7. The number of aryl methyl sites for hydroxylation is 2. The van der Waals surface area contributed by atoms with Crippen molar-refractivity contribution in [1.82, 2.24) is 0 Å². The zero-order valence-corrected chi connectivity index (χ0v) is 23.2. The van der Waals surface area contributed by atoms with Gasteiger partial charge in [0.25, 0.3) is 0 Å². The van der Waals surface area contributed by atoms with E-state index in [0.717, 1.165) is 0 Å². The van der Waals surface area contributed by atoms with Crippen LogP contribution in [-0.4, -0.2) is 34.0 Å². The lowest BCUT2D eigenvalue weighted by Crippen LogP contribution is -2.24. The fourth-order valence-electron chi connectivity index (χ4n) is 4.92. The maximum atomic E-state index is 12.2. The SMILES string of the molecule is Cc1c(Cl)c(=O)oc2c3c(cc(O)c12)OC(C)CC3=O.Cc1c(Cl)c(=O)oc2cc3c(c(O)c12)C(=O)CC(C)O3. The number of hydrogen-bond donors (Lipinski definition) is 2. The van der Waals surface area contributed by atoms with E-state index in [9.17, 15) is 29.4 Å². The second-order valence-corrected chi connectivity index (χ2v) is 10.5. The number of Topliss-reactive ketones (excluding diaryl/α,β-unsaturated/α-hetero) is 2. The molecule has 0 amide bonds. The summed E-state index contributed by atoms with van der Waals surface area (Å²) in [5.74, 6) is -0.331. The monoisotopic (exact) mass is 588 g/mol. The predicted octanol–water partition coefficient (Wildman–Crippen LogP) is 5.63. The topological polar surface area (TPSA) is 153 Å². The minimum absolute atomic E-state index is 0.0313. The fourth-order valence-corrected chi connectivity index (χ4v) is 5.19. The van der Waals surface area contributed by atoms with Crippen molar-refractivity contribution in [3.05, 3.63) is 65.3 Å². The number of carbonyl (C=O) groups excluding carboxylic acids is 2. The molecule has 208 valence electrons. The molecule has 2 atom stereocenters. The van der Waals surface area contributed by atoms with Crippen molar-refractivity contribution >= 4 is 56.7 Å². The van der Waals surface area contributed by atoms with Crippen molar-refractivity contribution in [2.45, 2.75) is 52.7 Å². The quantitative estimate of drug-likeness (QED) is 0.247. The van der Waals surface area contributed by atoms with Gasteiger partial charge < -0.3 is 28.5 Å². The standard InChI is InChI=1S/2C14H11ClO5/c1-5-3-7(16)11-9(19-5)4-8-10(13(11)17)6(2)12(15)14(18)20-8;1-5-3-7(16)11-9(19-5)4-8(17)10-6(2)12(15)14(18)20-13(10)11/h2*4-5,17H,3H2,1-2H3. The molecule has 0 saturated heterocycles. The first-order chi connectivity index (χ1) is 18.8. The molecule has 0 radical (unpaired) electrons. The summed E-state index contributed by atoms with van der Waals surface area (Å²) in [4.78, 5) is 47.5. The second-order valence-electron chi connectivity index (χ2n) is 9.71. The molecule has 0 bridgehead atoms. The Labute approximate surface area is 235 Å². The number of benzene rings is 2. The lowest BCUT2D eigenvalue weighted by atomic mass is 9.97. The highest BCUT2D eigenvalue weighted by molar-refractivity contribution is 6.32. The molecule has 2 N–H and O–H groups in total. The summed E-state index contributed by atoms with van der Waals surface area (Å²) in [5, 5.41) is 20.7. The van der Waals surface area contributed by atoms with E-state index in [1.807, 2.05) is 0 Å². The van der Waals surface area contributed by atoms with Gasteiger partial charge in [0.05, 0.1) is 10.8 Å². The molecule has 12 heteroatoms. The maximum Gasteiger partial charge on any atom is 0.355 e. The van der Waals surface area contributed by atoms with Gasteiger partial charge in [-0.25, -0.2) is 9.59 Å². The van der Waals surface area contributed by atoms with E-state index in [-0.39, 0.29) is 103 Å². The summed E-state index contributed by atoms with van der Waals surface area (Å²) in [6.45, 7) is 6.69. The third-order valence-corrected chi connectivity index (χ3v) is 7.65. The molecule has 0 saturated carbocycles. The summed E-state index contributed by atoms with van der Waals surface area (Å²) in [5.41, 5.74) is -0.188. The van der Waals surface area contributed by atoms with Crippen LogP contribution >= 0.6 is 23.2 Å². The van der Waals surface area contributed by atoms with E-state index in [4.69, 9.17) is 41.5 Å². The van der Waals surface area contributed by atoms with Crippen molar-refractivity contribution in [3.63, 3.8) is 0 Å². The number of halogens is 2. The molecule has 0 aliphatic carbocycles. The molecule has 10 nitrogen and oxygen atoms in total. The number of phenols is 2. The molecule has 2 aliphatic heterocycles. The fraction of sp³-hybridized carbons (Fsp3) is 0.286. The van der Waals surface area contributed by atoms with Gasteiger partial charge in [-0.3, -0.25) is 9.59 Å². The first kappa shape index (κ1) is 27.5. The first-order valence-electron chi connectivity index (χ1n) is 12.2. The van der Waals surface area contributed by atoms with Gasteiger partial charge in [-0.1, -0.05) is 23.2 Å². The van der Waals surface area contributed by atoms with Crippen molar-refractivity contribution in [1.29, 1.82) is 0 Å². The lowest BCUT2D eigenvalue weighted by Gasteiger charge is -2.23. The number of hydrogen-bond acceptors (Lipinski definition) is 10. The van der Waals surface area contributed by atoms with Gasteiger partial charge in [-0.2, -0.15) is 0 Å². The van der Waals surface area contributed by atoms with E-state index in [1.165, 1.54) is 12.1 Å². The van der Waals surface area contributed by atoms with Crippen LogP contribution in [0, 0.1) is 13.8 Å². The summed E-state index contributed by atoms with van der Waals surface area (Å²) in [6, 6.07) is 2.80. The Balaban J connectivity index is 0.000000161. The molecule has 40 heavy (non-hydrogen) atoms. The normalized spacial score (nSPS) is 17.9. The summed E-state index contributed by atoms with van der Waals surface area (Å²) in [6.07, 6.45) is -0.188. The van der Waals surface area contributed by atoms with Crippen LogP contribution in [0.2, 0.25) is 10.0 Å². The minimum atomic E-state index is -0.740. The lowest BCUT2D eigenvalue weighted by molar-refractivity contribution is 0.0858. The molecule has 2 aromatic carbocycles. The molecule has 2 aromatic heterocycles. The van der Waals surface area contributed by atoms with Gasteiger partial charge in [0.2, 0.25) is 0 Å². The van der Waals surface area contributed by atoms with E-state index in [2.05, 4.69) is 0 Å². The van der Waals surface area contributed by atoms with Gasteiger partial charge in [-0.05, 0) is 38.8 Å². The highest BCUT2D eigenvalue weighted by Gasteiger charge is 2.31. The Kier molecular flexibility index (Phi) is 6.79. The highest BCUT2D eigenvalue weighted by Crippen LogP contribution is 2.43. The van der Waals surface area contributed by atoms with Crippen molar-refractivity contribution in [2.75, 3.05) is 0 Å². The average Bonchev–Trinajstić information content (AvgIpc) is 2.85. The molecular formula is C28H22Cl2O10. The Morgan fingerprint density at radius 2 is 1.25 bits per heavy atom. The highest BCUT2D eigenvalue weighted by atomic mass is 35.5. The zero-order valence-electron chi connectivity index (χ0n) is 21.6. The van der Waals surface area contributed by atoms with Crippen LogP contribution in [0.25, 0.3) is 21.9 Å². The number of ether oxygens (including phenoxy) is 2. The largest absolute Gasteiger partial charge is 0.507 e. The van der Waals surface area contributed by atoms with Crippen LogP contribution in [0.15, 0.2) is 30.6 Å². The van der Waals surface area contributed by atoms with E-state index >= 15 is 0 Å². The van der Waals surface area contributed by atoms with Gasteiger partial charge in [0.1, 0.15) is 62.0 Å². The van der Waals surface area contributed by atoms with Crippen molar-refractivity contribution < 1.29 is 38.1 Å². The molecule has 2 unspecified atom stereocenters. The summed E-state index contributed by atoms with van der Waals surface area (Å²) in [7, 11) is 0. The van der Waals surface area contributed by atoms with E-state index in [0.29, 0.717) is 11.1 Å². The Bertz CT molecular complexity index is 1870. The molecule has 0 fully saturated rings. The van der Waals surface area contributed by atoms with Crippen LogP contribution < -0.4 is 20.7 Å². The van der Waals surface area contributed by atoms with Gasteiger partial charge in [0, 0.05) is 25.0 Å². The number of aromatic hydroxyl groups is 2. The number of carbonyl (C=O) groups is 2. The summed E-state index contributed by atoms with van der Waals surface area (Å²) < 4.78 is 21.2. The molecule has 4 aromatic rings. The third-order valence-electron chi connectivity index (χ3n) is 6.78. The number of ketones is 2. The smallest absolute Gasteiger partial charge is 0.355 e. The van der Waals surface area contributed by atoms with E-state index < -0.39 is 11.3 Å². The van der Waals surface area contributed by atoms with Crippen LogP contribution in [0.5, 0.6) is 23.0 Å². The second kappa shape index (κ2) is 9.87. The molecule has 6 rings (SSSR count). The Morgan fingerprint density at radius 1 is 0.750 bits per heavy atom. The number of phenolic OH excluding ortho intramolecular Hbond substituents is 2. The molecular weight excluding hydrogens is 567 g/mol.